The van der Waals surface area contributed by atoms with Crippen molar-refractivity contribution in [3.05, 3.63) is 0 Å². The summed E-state index contributed by atoms with van der Waals surface area (Å²) >= 11 is 0. The van der Waals surface area contributed by atoms with Gasteiger partial charge in [0.1, 0.15) is 0 Å². The fourth-order valence-electron chi connectivity index (χ4n) is 1.93. The molecule has 0 aromatic rings. The van der Waals surface area contributed by atoms with E-state index in [4.69, 9.17) is 0 Å². The van der Waals surface area contributed by atoms with Gasteiger partial charge in [-0.05, 0) is 20.8 Å². The van der Waals surface area contributed by atoms with Crippen LogP contribution in [0.25, 0.3) is 0 Å². The smallest absolute Gasteiger partial charge is 0.211 e. The van der Waals surface area contributed by atoms with E-state index in [1.54, 1.807) is 4.31 Å². The summed E-state index contributed by atoms with van der Waals surface area (Å²) in [5.74, 6) is 0. The van der Waals surface area contributed by atoms with Crippen LogP contribution in [0.15, 0.2) is 0 Å². The molecular weight excluding hydrogens is 200 g/mol. The fourth-order valence-corrected chi connectivity index (χ4v) is 3.06. The zero-order valence-corrected chi connectivity index (χ0v) is 10.2. The summed E-state index contributed by atoms with van der Waals surface area (Å²) in [5, 5.41) is 0. The van der Waals surface area contributed by atoms with Crippen LogP contribution in [0.2, 0.25) is 0 Å². The monoisotopic (exact) mass is 220 g/mol. The Hall–Kier alpha value is -0.130. The minimum Gasteiger partial charge on any atom is -0.298 e. The molecule has 4 nitrogen and oxygen atoms in total. The largest absolute Gasteiger partial charge is 0.298 e. The van der Waals surface area contributed by atoms with E-state index in [1.807, 2.05) is 6.92 Å². The molecule has 14 heavy (non-hydrogen) atoms. The highest BCUT2D eigenvalue weighted by molar-refractivity contribution is 7.88. The van der Waals surface area contributed by atoms with Crippen molar-refractivity contribution in [1.29, 1.82) is 0 Å². The molecule has 0 amide bonds. The van der Waals surface area contributed by atoms with E-state index in [9.17, 15) is 8.42 Å². The first-order valence-corrected chi connectivity index (χ1v) is 6.88. The number of hydrogen-bond acceptors (Lipinski definition) is 3. The lowest BCUT2D eigenvalue weighted by atomic mass is 10.2. The van der Waals surface area contributed by atoms with Crippen molar-refractivity contribution >= 4 is 10.0 Å². The van der Waals surface area contributed by atoms with Gasteiger partial charge in [0.25, 0.3) is 0 Å². The average molecular weight is 220 g/mol. The quantitative estimate of drug-likeness (QED) is 0.674. The van der Waals surface area contributed by atoms with E-state index in [2.05, 4.69) is 18.7 Å². The molecule has 0 radical (unpaired) electrons. The van der Waals surface area contributed by atoms with E-state index in [1.165, 1.54) is 6.26 Å². The molecular formula is C9H20N2O2S. The van der Waals surface area contributed by atoms with Gasteiger partial charge in [-0.3, -0.25) is 4.90 Å². The second-order valence-corrected chi connectivity index (χ2v) is 6.25. The van der Waals surface area contributed by atoms with Gasteiger partial charge in [-0.2, -0.15) is 4.31 Å². The van der Waals surface area contributed by atoms with Crippen LogP contribution >= 0.6 is 0 Å². The molecule has 0 unspecified atom stereocenters. The minimum absolute atomic E-state index is 0.0983. The third-order valence-corrected chi connectivity index (χ3v) is 4.15. The van der Waals surface area contributed by atoms with Gasteiger partial charge in [0, 0.05) is 31.7 Å². The molecule has 1 atom stereocenters. The van der Waals surface area contributed by atoms with Crippen LogP contribution in [-0.2, 0) is 10.0 Å². The van der Waals surface area contributed by atoms with E-state index < -0.39 is 10.0 Å². The number of sulfonamides is 1. The first-order chi connectivity index (χ1) is 6.32. The first-order valence-electron chi connectivity index (χ1n) is 5.03. The number of rotatable bonds is 2. The molecule has 0 N–H and O–H groups in total. The number of nitrogens with zero attached hydrogens (tertiary/aromatic N) is 2. The Morgan fingerprint density at radius 2 is 1.86 bits per heavy atom. The number of piperazine rings is 1. The average Bonchev–Trinajstić information content (AvgIpc) is 2.01. The van der Waals surface area contributed by atoms with Crippen LogP contribution in [0.1, 0.15) is 20.8 Å². The van der Waals surface area contributed by atoms with Crippen LogP contribution in [0.5, 0.6) is 0 Å². The number of hydrogen-bond donors (Lipinski definition) is 0. The highest BCUT2D eigenvalue weighted by Crippen LogP contribution is 2.14. The van der Waals surface area contributed by atoms with Crippen molar-refractivity contribution in [1.82, 2.24) is 9.21 Å². The molecule has 1 saturated heterocycles. The van der Waals surface area contributed by atoms with Crippen molar-refractivity contribution < 1.29 is 8.42 Å². The summed E-state index contributed by atoms with van der Waals surface area (Å²) in [5.41, 5.74) is 0. The van der Waals surface area contributed by atoms with Crippen LogP contribution in [0.3, 0.4) is 0 Å². The van der Waals surface area contributed by atoms with Crippen molar-refractivity contribution in [2.75, 3.05) is 25.9 Å². The Balaban J connectivity index is 2.66. The van der Waals surface area contributed by atoms with Gasteiger partial charge < -0.3 is 0 Å². The Labute approximate surface area is 86.9 Å². The second kappa shape index (κ2) is 4.16. The summed E-state index contributed by atoms with van der Waals surface area (Å²) in [4.78, 5) is 2.31. The van der Waals surface area contributed by atoms with Gasteiger partial charge in [0.05, 0.1) is 6.26 Å². The minimum atomic E-state index is -3.02. The zero-order chi connectivity index (χ0) is 10.9. The third-order valence-electron chi connectivity index (χ3n) is 2.75. The SMILES string of the molecule is CC(C)N1CCN(S(C)(=O)=O)[C@@H](C)C1. The molecule has 0 spiro atoms. The second-order valence-electron chi connectivity index (χ2n) is 4.31. The Bertz CT molecular complexity index is 287. The first kappa shape index (κ1) is 11.9. The third kappa shape index (κ3) is 2.68. The van der Waals surface area contributed by atoms with Crippen LogP contribution in [0, 0.1) is 0 Å². The summed E-state index contributed by atoms with van der Waals surface area (Å²) in [6.07, 6.45) is 1.29. The van der Waals surface area contributed by atoms with Crippen LogP contribution in [-0.4, -0.2) is 55.6 Å². The Kier molecular flexibility index (Phi) is 3.55. The van der Waals surface area contributed by atoms with Gasteiger partial charge in [-0.15, -0.1) is 0 Å². The molecule has 0 aromatic carbocycles. The van der Waals surface area contributed by atoms with Gasteiger partial charge >= 0.3 is 0 Å². The molecule has 1 rings (SSSR count). The maximum Gasteiger partial charge on any atom is 0.211 e. The highest BCUT2D eigenvalue weighted by atomic mass is 32.2. The summed E-state index contributed by atoms with van der Waals surface area (Å²) in [6, 6.07) is 0.598. The van der Waals surface area contributed by atoms with E-state index in [-0.39, 0.29) is 6.04 Å². The molecule has 0 bridgehead atoms. The molecule has 0 aliphatic carbocycles. The van der Waals surface area contributed by atoms with Gasteiger partial charge in [0.2, 0.25) is 10.0 Å². The van der Waals surface area contributed by atoms with Crippen molar-refractivity contribution in [3.8, 4) is 0 Å². The topological polar surface area (TPSA) is 40.6 Å². The molecule has 0 saturated carbocycles. The maximum atomic E-state index is 11.4. The van der Waals surface area contributed by atoms with Crippen molar-refractivity contribution in [2.45, 2.75) is 32.9 Å². The predicted octanol–water partition coefficient (Wildman–Crippen LogP) is 0.361. The van der Waals surface area contributed by atoms with Crippen molar-refractivity contribution in [2.24, 2.45) is 0 Å². The molecule has 1 aliphatic heterocycles. The van der Waals surface area contributed by atoms with Crippen LogP contribution in [0.4, 0.5) is 0 Å². The molecule has 0 aromatic heterocycles. The Morgan fingerprint density at radius 1 is 1.29 bits per heavy atom. The Morgan fingerprint density at radius 3 is 2.21 bits per heavy atom. The molecule has 5 heteroatoms. The summed E-state index contributed by atoms with van der Waals surface area (Å²) in [7, 11) is -3.02. The molecule has 1 aliphatic rings. The van der Waals surface area contributed by atoms with Crippen LogP contribution < -0.4 is 0 Å². The van der Waals surface area contributed by atoms with E-state index in [0.717, 1.165) is 13.1 Å². The standard InChI is InChI=1S/C9H20N2O2S/c1-8(2)10-5-6-11(9(3)7-10)14(4,12)13/h8-9H,5-7H2,1-4H3/t9-/m0/s1. The van der Waals surface area contributed by atoms with Gasteiger partial charge in [0.15, 0.2) is 0 Å². The van der Waals surface area contributed by atoms with Gasteiger partial charge in [-0.25, -0.2) is 8.42 Å². The summed E-state index contributed by atoms with van der Waals surface area (Å²) in [6.45, 7) is 8.55. The lowest BCUT2D eigenvalue weighted by Gasteiger charge is -2.40. The summed E-state index contributed by atoms with van der Waals surface area (Å²) < 4.78 is 24.4. The maximum absolute atomic E-state index is 11.4. The van der Waals surface area contributed by atoms with E-state index >= 15 is 0 Å². The van der Waals surface area contributed by atoms with Gasteiger partial charge in [-0.1, -0.05) is 0 Å². The lowest BCUT2D eigenvalue weighted by Crippen LogP contribution is -2.55. The van der Waals surface area contributed by atoms with Crippen molar-refractivity contribution in [3.63, 3.8) is 0 Å². The normalized spacial score (nSPS) is 27.1. The molecule has 84 valence electrons. The fraction of sp³-hybridized carbons (Fsp3) is 1.00. The highest BCUT2D eigenvalue weighted by Gasteiger charge is 2.30. The molecule has 1 heterocycles. The predicted molar refractivity (Wildman–Crippen MR) is 57.7 cm³/mol. The zero-order valence-electron chi connectivity index (χ0n) is 9.40. The molecule has 1 fully saturated rings. The lowest BCUT2D eigenvalue weighted by molar-refractivity contribution is 0.117. The van der Waals surface area contributed by atoms with E-state index in [0.29, 0.717) is 12.6 Å².